The molecule has 0 aliphatic carbocycles. The number of nitrogens with zero attached hydrogens (tertiary/aromatic N) is 2. The highest BCUT2D eigenvalue weighted by Crippen LogP contribution is 2.14. The lowest BCUT2D eigenvalue weighted by Crippen LogP contribution is -2.18. The van der Waals surface area contributed by atoms with E-state index in [0.29, 0.717) is 6.54 Å². The zero-order valence-corrected chi connectivity index (χ0v) is 9.78. The maximum Gasteiger partial charge on any atom is 0.253 e. The normalized spacial score (nSPS) is 9.71. The topological polar surface area (TPSA) is 55.1 Å². The third-order valence-electron chi connectivity index (χ3n) is 2.08. The molecule has 86 valence electrons. The quantitative estimate of drug-likeness (QED) is 0.793. The van der Waals surface area contributed by atoms with E-state index in [2.05, 4.69) is 16.8 Å². The van der Waals surface area contributed by atoms with Gasteiger partial charge in [-0.25, -0.2) is 4.98 Å². The van der Waals surface area contributed by atoms with Crippen LogP contribution in [0.2, 0.25) is 0 Å². The summed E-state index contributed by atoms with van der Waals surface area (Å²) >= 11 is 1.53. The first-order valence-electron chi connectivity index (χ1n) is 4.97. The van der Waals surface area contributed by atoms with Crippen LogP contribution in [-0.2, 0) is 6.54 Å². The Hall–Kier alpha value is -1.90. The van der Waals surface area contributed by atoms with Crippen LogP contribution in [0.4, 0.5) is 0 Å². The molecule has 0 fully saturated rings. The summed E-state index contributed by atoms with van der Waals surface area (Å²) in [5.74, 6) is 5.41. The SMILES string of the molecule is O=c1ccncn1Cc1cc(C#CCO)cs1. The van der Waals surface area contributed by atoms with Gasteiger partial charge in [0.2, 0.25) is 0 Å². The molecule has 1 N–H and O–H groups in total. The summed E-state index contributed by atoms with van der Waals surface area (Å²) in [4.78, 5) is 16.4. The lowest BCUT2D eigenvalue weighted by Gasteiger charge is -2.00. The van der Waals surface area contributed by atoms with E-state index in [0.717, 1.165) is 10.4 Å². The fraction of sp³-hybridized carbons (Fsp3) is 0.167. The summed E-state index contributed by atoms with van der Waals surface area (Å²) in [7, 11) is 0. The van der Waals surface area contributed by atoms with Gasteiger partial charge in [0.05, 0.1) is 12.9 Å². The van der Waals surface area contributed by atoms with Gasteiger partial charge in [0.25, 0.3) is 5.56 Å². The number of aromatic nitrogens is 2. The standard InChI is InChI=1S/C12H10N2O2S/c15-5-1-2-10-6-11(17-8-10)7-14-9-13-4-3-12(14)16/h3-4,6,8-9,15H,5,7H2. The molecule has 0 aromatic carbocycles. The second kappa shape index (κ2) is 5.43. The first-order chi connectivity index (χ1) is 8.29. The third-order valence-corrected chi connectivity index (χ3v) is 3.01. The Bertz CT molecular complexity index is 619. The van der Waals surface area contributed by atoms with Gasteiger partial charge < -0.3 is 5.11 Å². The summed E-state index contributed by atoms with van der Waals surface area (Å²) in [5, 5.41) is 10.5. The molecular formula is C12H10N2O2S. The zero-order chi connectivity index (χ0) is 12.1. The van der Waals surface area contributed by atoms with Crippen molar-refractivity contribution in [3.05, 3.63) is 50.8 Å². The highest BCUT2D eigenvalue weighted by Gasteiger charge is 2.00. The van der Waals surface area contributed by atoms with E-state index in [9.17, 15) is 4.79 Å². The predicted octanol–water partition coefficient (Wildman–Crippen LogP) is 0.697. The highest BCUT2D eigenvalue weighted by atomic mass is 32.1. The second-order valence-corrected chi connectivity index (χ2v) is 4.30. The van der Waals surface area contributed by atoms with Crippen molar-refractivity contribution >= 4 is 11.3 Å². The highest BCUT2D eigenvalue weighted by molar-refractivity contribution is 7.10. The Balaban J connectivity index is 2.17. The van der Waals surface area contributed by atoms with E-state index in [-0.39, 0.29) is 12.2 Å². The van der Waals surface area contributed by atoms with Crippen molar-refractivity contribution in [1.82, 2.24) is 9.55 Å². The molecule has 17 heavy (non-hydrogen) atoms. The molecule has 4 nitrogen and oxygen atoms in total. The van der Waals surface area contributed by atoms with Gasteiger partial charge in [0.15, 0.2) is 0 Å². The molecule has 0 aliphatic heterocycles. The van der Waals surface area contributed by atoms with E-state index in [1.807, 2.05) is 11.4 Å². The molecule has 0 atom stereocenters. The first-order valence-corrected chi connectivity index (χ1v) is 5.85. The molecule has 0 amide bonds. The molecule has 0 saturated heterocycles. The Labute approximate surface area is 102 Å². The minimum absolute atomic E-state index is 0.0728. The number of hydrogen-bond donors (Lipinski definition) is 1. The van der Waals surface area contributed by atoms with Gasteiger partial charge in [-0.2, -0.15) is 0 Å². The average molecular weight is 246 g/mol. The first kappa shape index (κ1) is 11.6. The van der Waals surface area contributed by atoms with E-state index >= 15 is 0 Å². The molecule has 0 saturated carbocycles. The van der Waals surface area contributed by atoms with Crippen LogP contribution in [0, 0.1) is 11.8 Å². The van der Waals surface area contributed by atoms with Gasteiger partial charge in [-0.15, -0.1) is 11.3 Å². The van der Waals surface area contributed by atoms with Crippen LogP contribution in [0.25, 0.3) is 0 Å². The van der Waals surface area contributed by atoms with Crippen LogP contribution in [0.1, 0.15) is 10.4 Å². The average Bonchev–Trinajstić information content (AvgIpc) is 2.77. The van der Waals surface area contributed by atoms with Gasteiger partial charge in [-0.3, -0.25) is 9.36 Å². The van der Waals surface area contributed by atoms with Crippen LogP contribution in [0.5, 0.6) is 0 Å². The smallest absolute Gasteiger partial charge is 0.253 e. The van der Waals surface area contributed by atoms with Crippen molar-refractivity contribution in [2.45, 2.75) is 6.54 Å². The van der Waals surface area contributed by atoms with Crippen molar-refractivity contribution in [2.75, 3.05) is 6.61 Å². The van der Waals surface area contributed by atoms with Crippen molar-refractivity contribution in [1.29, 1.82) is 0 Å². The molecule has 0 unspecified atom stereocenters. The van der Waals surface area contributed by atoms with Crippen molar-refractivity contribution in [3.63, 3.8) is 0 Å². The lowest BCUT2D eigenvalue weighted by molar-refractivity contribution is 0.350. The Morgan fingerprint density at radius 2 is 2.41 bits per heavy atom. The second-order valence-electron chi connectivity index (χ2n) is 3.31. The largest absolute Gasteiger partial charge is 0.384 e. The summed E-state index contributed by atoms with van der Waals surface area (Å²) < 4.78 is 1.54. The number of aliphatic hydroxyl groups is 1. The molecule has 2 aromatic rings. The Morgan fingerprint density at radius 1 is 1.53 bits per heavy atom. The van der Waals surface area contributed by atoms with E-state index < -0.39 is 0 Å². The van der Waals surface area contributed by atoms with E-state index in [1.54, 1.807) is 0 Å². The minimum atomic E-state index is -0.146. The molecular weight excluding hydrogens is 236 g/mol. The molecule has 0 bridgehead atoms. The summed E-state index contributed by atoms with van der Waals surface area (Å²) in [6.45, 7) is 0.353. The number of aliphatic hydroxyl groups excluding tert-OH is 1. The van der Waals surface area contributed by atoms with Gasteiger partial charge in [-0.05, 0) is 6.07 Å². The predicted molar refractivity (Wildman–Crippen MR) is 65.9 cm³/mol. The molecule has 2 rings (SSSR count). The van der Waals surface area contributed by atoms with E-state index in [1.165, 1.54) is 34.5 Å². The van der Waals surface area contributed by atoms with Gasteiger partial charge in [-0.1, -0.05) is 11.8 Å². The van der Waals surface area contributed by atoms with Crippen LogP contribution < -0.4 is 5.56 Å². The monoisotopic (exact) mass is 246 g/mol. The minimum Gasteiger partial charge on any atom is -0.384 e. The summed E-state index contributed by atoms with van der Waals surface area (Å²) in [6.07, 6.45) is 2.99. The zero-order valence-electron chi connectivity index (χ0n) is 8.96. The Morgan fingerprint density at radius 3 is 3.18 bits per heavy atom. The number of thiophene rings is 1. The van der Waals surface area contributed by atoms with E-state index in [4.69, 9.17) is 5.11 Å². The fourth-order valence-electron chi connectivity index (χ4n) is 1.34. The summed E-state index contributed by atoms with van der Waals surface area (Å²) in [6, 6.07) is 3.34. The van der Waals surface area contributed by atoms with Crippen LogP contribution in [0.3, 0.4) is 0 Å². The van der Waals surface area contributed by atoms with Gasteiger partial charge >= 0.3 is 0 Å². The molecule has 0 aliphatic rings. The molecule has 0 spiro atoms. The summed E-state index contributed by atoms with van der Waals surface area (Å²) in [5.41, 5.74) is 0.785. The third kappa shape index (κ3) is 3.03. The maximum absolute atomic E-state index is 11.5. The fourth-order valence-corrected chi connectivity index (χ4v) is 2.15. The lowest BCUT2D eigenvalue weighted by atomic mass is 10.3. The van der Waals surface area contributed by atoms with Crippen molar-refractivity contribution in [2.24, 2.45) is 0 Å². The Kier molecular flexibility index (Phi) is 3.70. The molecule has 5 heteroatoms. The maximum atomic E-state index is 11.5. The number of hydrogen-bond acceptors (Lipinski definition) is 4. The van der Waals surface area contributed by atoms with Crippen molar-refractivity contribution in [3.8, 4) is 11.8 Å². The number of rotatable bonds is 2. The molecule has 2 aromatic heterocycles. The van der Waals surface area contributed by atoms with Gasteiger partial charge in [0, 0.05) is 28.1 Å². The van der Waals surface area contributed by atoms with Crippen molar-refractivity contribution < 1.29 is 5.11 Å². The molecule has 0 radical (unpaired) electrons. The van der Waals surface area contributed by atoms with Gasteiger partial charge in [0.1, 0.15) is 6.61 Å². The van der Waals surface area contributed by atoms with Crippen LogP contribution in [0.15, 0.2) is 34.8 Å². The molecule has 2 heterocycles. The van der Waals surface area contributed by atoms with Crippen LogP contribution in [-0.4, -0.2) is 21.3 Å². The van der Waals surface area contributed by atoms with Crippen LogP contribution >= 0.6 is 11.3 Å².